The number of hydrogen-bond donors (Lipinski definition) is 0. The lowest BCUT2D eigenvalue weighted by Crippen LogP contribution is -2.40. The van der Waals surface area contributed by atoms with E-state index in [2.05, 4.69) is 197 Å². The van der Waals surface area contributed by atoms with Gasteiger partial charge in [0.05, 0.1) is 12.6 Å². The second-order valence-electron chi connectivity index (χ2n) is 24.8. The number of nitrogens with zero attached hydrogens (tertiary/aromatic N) is 2. The highest BCUT2D eigenvalue weighted by Crippen LogP contribution is 2.46. The van der Waals surface area contributed by atoms with Gasteiger partial charge in [-0.05, 0) is 167 Å². The average Bonchev–Trinajstić information content (AvgIpc) is 3.26. The summed E-state index contributed by atoms with van der Waals surface area (Å²) in [6.45, 7) is 66.6. The molecule has 27 atom stereocenters. The fourth-order valence-electron chi connectivity index (χ4n) is 12.8. The minimum atomic E-state index is -0.190. The molecule has 0 spiro atoms. The standard InChI is InChI=1S/C58H116N2O2/c1-28-32(2)39(9)43(13)44(14)40(10)35(5)30-36(6)41(11)45(15)47(17)48(18)49(19)50(20)51(21)52(22)53(23)55(25)57(27)58(60-62)56(26)54(24)46(16)42(12)34(4)29-33(3)38(8)37(7)31-59-61/h32-58H,28-31H2,1-27H3. The Morgan fingerprint density at radius 3 is 0.694 bits per heavy atom. The van der Waals surface area contributed by atoms with E-state index in [9.17, 15) is 9.81 Å². The van der Waals surface area contributed by atoms with Gasteiger partial charge in [0, 0.05) is 0 Å². The zero-order chi connectivity index (χ0) is 48.8. The van der Waals surface area contributed by atoms with Gasteiger partial charge in [-0.3, -0.25) is 0 Å². The molecule has 0 aromatic heterocycles. The third-order valence-electron chi connectivity index (χ3n) is 22.3. The summed E-state index contributed by atoms with van der Waals surface area (Å²) in [5.41, 5.74) is 0. The van der Waals surface area contributed by atoms with Crippen LogP contribution in [0.2, 0.25) is 0 Å². The molecule has 4 heteroatoms. The van der Waals surface area contributed by atoms with E-state index in [0.29, 0.717) is 107 Å². The molecule has 62 heavy (non-hydrogen) atoms. The first-order valence-electron chi connectivity index (χ1n) is 27.1. The van der Waals surface area contributed by atoms with Gasteiger partial charge in [0.25, 0.3) is 0 Å². The smallest absolute Gasteiger partial charge is 0.0975 e. The summed E-state index contributed by atoms with van der Waals surface area (Å²) < 4.78 is 0. The van der Waals surface area contributed by atoms with Crippen molar-refractivity contribution in [1.82, 2.24) is 0 Å². The topological polar surface area (TPSA) is 58.9 Å². The maximum absolute atomic E-state index is 12.8. The second kappa shape index (κ2) is 28.4. The Morgan fingerprint density at radius 2 is 0.468 bits per heavy atom. The van der Waals surface area contributed by atoms with Crippen LogP contribution in [0.4, 0.5) is 0 Å². The van der Waals surface area contributed by atoms with Crippen molar-refractivity contribution in [3.63, 3.8) is 0 Å². The van der Waals surface area contributed by atoms with E-state index >= 15 is 0 Å². The zero-order valence-corrected chi connectivity index (χ0v) is 47.1. The SMILES string of the molecule is CCC(C)C(C)C(C)C(C)C(C)C(C)CC(C)C(C)C(C)C(C)C(C)C(C)C(C)C(C)C(C)C(C)C(C)C(C)C(N=O)C(C)C(C)C(C)C(C)C(C)CC(C)C(C)C(C)CN=O. The van der Waals surface area contributed by atoms with Crippen LogP contribution in [-0.4, -0.2) is 12.6 Å². The van der Waals surface area contributed by atoms with E-state index in [1.54, 1.807) is 0 Å². The van der Waals surface area contributed by atoms with Crippen LogP contribution in [0.15, 0.2) is 10.4 Å². The highest BCUT2D eigenvalue weighted by molar-refractivity contribution is 4.91. The van der Waals surface area contributed by atoms with E-state index in [1.807, 2.05) is 0 Å². The molecular weight excluding hydrogens is 757 g/mol. The van der Waals surface area contributed by atoms with Gasteiger partial charge < -0.3 is 0 Å². The van der Waals surface area contributed by atoms with E-state index in [4.69, 9.17) is 0 Å². The van der Waals surface area contributed by atoms with Crippen LogP contribution < -0.4 is 0 Å². The molecule has 0 saturated heterocycles. The van der Waals surface area contributed by atoms with Gasteiger partial charge >= 0.3 is 0 Å². The Balaban J connectivity index is 5.65. The summed E-state index contributed by atoms with van der Waals surface area (Å²) in [6, 6.07) is -0.190. The minimum absolute atomic E-state index is 0.190. The van der Waals surface area contributed by atoms with Gasteiger partial charge in [0.15, 0.2) is 0 Å². The predicted molar refractivity (Wildman–Crippen MR) is 278 cm³/mol. The minimum Gasteiger partial charge on any atom is -0.151 e. The molecule has 4 nitrogen and oxygen atoms in total. The van der Waals surface area contributed by atoms with Crippen LogP contribution >= 0.6 is 0 Å². The fraction of sp³-hybridized carbons (Fsp3) is 1.00. The Labute approximate surface area is 391 Å². The number of nitroso groups, excluding NO2 is 2. The maximum Gasteiger partial charge on any atom is 0.0975 e. The highest BCUT2D eigenvalue weighted by atomic mass is 16.3. The van der Waals surface area contributed by atoms with Gasteiger partial charge in [0.2, 0.25) is 0 Å². The quantitative estimate of drug-likeness (QED) is 0.0632. The molecule has 0 aromatic rings. The van der Waals surface area contributed by atoms with Gasteiger partial charge in [-0.25, -0.2) is 0 Å². The molecule has 27 unspecified atom stereocenters. The molecule has 370 valence electrons. The van der Waals surface area contributed by atoms with Crippen molar-refractivity contribution in [3.05, 3.63) is 9.81 Å². The van der Waals surface area contributed by atoms with Crippen molar-refractivity contribution < 1.29 is 0 Å². The summed E-state index contributed by atoms with van der Waals surface area (Å²) in [6.07, 6.45) is 3.76. The molecule has 0 rings (SSSR count). The first kappa shape index (κ1) is 61.2. The molecular formula is C58H116N2O2. The molecule has 0 bridgehead atoms. The highest BCUT2D eigenvalue weighted by Gasteiger charge is 2.41. The van der Waals surface area contributed by atoms with Gasteiger partial charge in [-0.15, -0.1) is 0 Å². The first-order valence-corrected chi connectivity index (χ1v) is 27.1. The molecule has 0 aliphatic heterocycles. The molecule has 0 heterocycles. The lowest BCUT2D eigenvalue weighted by molar-refractivity contribution is 0.0567. The summed E-state index contributed by atoms with van der Waals surface area (Å²) in [4.78, 5) is 23.7. The van der Waals surface area contributed by atoms with E-state index in [0.717, 1.165) is 47.8 Å². The van der Waals surface area contributed by atoms with Crippen LogP contribution in [-0.2, 0) is 0 Å². The monoisotopic (exact) mass is 873 g/mol. The van der Waals surface area contributed by atoms with Crippen molar-refractivity contribution in [2.45, 2.75) is 212 Å². The zero-order valence-electron chi connectivity index (χ0n) is 47.1. The third kappa shape index (κ3) is 16.5. The summed E-state index contributed by atoms with van der Waals surface area (Å²) in [7, 11) is 0. The first-order chi connectivity index (χ1) is 28.5. The van der Waals surface area contributed by atoms with Crippen LogP contribution in [0, 0.1) is 164 Å². The number of hydrogen-bond acceptors (Lipinski definition) is 4. The summed E-state index contributed by atoms with van der Waals surface area (Å²) >= 11 is 0. The van der Waals surface area contributed by atoms with Crippen LogP contribution in [0.5, 0.6) is 0 Å². The van der Waals surface area contributed by atoms with Crippen molar-refractivity contribution in [3.8, 4) is 0 Å². The molecule has 0 N–H and O–H groups in total. The van der Waals surface area contributed by atoms with Crippen LogP contribution in [0.3, 0.4) is 0 Å². The predicted octanol–water partition coefficient (Wildman–Crippen LogP) is 18.6. The number of rotatable bonds is 32. The molecule has 0 saturated carbocycles. The van der Waals surface area contributed by atoms with Gasteiger partial charge in [-0.2, -0.15) is 9.81 Å². The lowest BCUT2D eigenvalue weighted by Gasteiger charge is -2.43. The van der Waals surface area contributed by atoms with E-state index in [-0.39, 0.29) is 17.9 Å². The average molecular weight is 874 g/mol. The Hall–Kier alpha value is -0.800. The van der Waals surface area contributed by atoms with Crippen LogP contribution in [0.25, 0.3) is 0 Å². The van der Waals surface area contributed by atoms with Crippen LogP contribution in [0.1, 0.15) is 206 Å². The van der Waals surface area contributed by atoms with Crippen molar-refractivity contribution in [1.29, 1.82) is 0 Å². The maximum atomic E-state index is 12.8. The molecule has 0 aliphatic rings. The lowest BCUT2D eigenvalue weighted by atomic mass is 9.62. The van der Waals surface area contributed by atoms with E-state index < -0.39 is 0 Å². The van der Waals surface area contributed by atoms with Crippen molar-refractivity contribution in [2.24, 2.45) is 164 Å². The molecule has 0 amide bonds. The molecule has 0 aliphatic carbocycles. The van der Waals surface area contributed by atoms with Crippen molar-refractivity contribution >= 4 is 0 Å². The van der Waals surface area contributed by atoms with Crippen molar-refractivity contribution in [2.75, 3.05) is 6.54 Å². The largest absolute Gasteiger partial charge is 0.151 e. The second-order valence-corrected chi connectivity index (χ2v) is 24.8. The molecule has 0 aromatic carbocycles. The Bertz CT molecular complexity index is 1210. The third-order valence-corrected chi connectivity index (χ3v) is 22.3. The normalized spacial score (nSPS) is 25.9. The Morgan fingerprint density at radius 1 is 0.258 bits per heavy atom. The molecule has 0 fully saturated rings. The van der Waals surface area contributed by atoms with Gasteiger partial charge in [0.1, 0.15) is 0 Å². The fourth-order valence-corrected chi connectivity index (χ4v) is 12.8. The summed E-state index contributed by atoms with van der Waals surface area (Å²) in [5.74, 6) is 15.1. The Kier molecular flexibility index (Phi) is 28.0. The molecule has 0 radical (unpaired) electrons. The summed E-state index contributed by atoms with van der Waals surface area (Å²) in [5, 5.41) is 7.11. The van der Waals surface area contributed by atoms with E-state index in [1.165, 1.54) is 12.8 Å². The van der Waals surface area contributed by atoms with Gasteiger partial charge in [-0.1, -0.05) is 204 Å².